The maximum atomic E-state index is 12.6. The number of carbonyl (C=O) groups excluding carboxylic acids is 1. The minimum Gasteiger partial charge on any atom is -0.362 e. The van der Waals surface area contributed by atoms with E-state index in [4.69, 9.17) is 4.74 Å². The Kier molecular flexibility index (Phi) is 5.44. The molecule has 2 atom stereocenters. The third-order valence-corrected chi connectivity index (χ3v) is 4.82. The van der Waals surface area contributed by atoms with Crippen LogP contribution in [0.25, 0.3) is 0 Å². The fraction of sp³-hybridized carbons (Fsp3) is 0.650. The highest BCUT2D eigenvalue weighted by Gasteiger charge is 2.50. The lowest BCUT2D eigenvalue weighted by molar-refractivity contribution is -0.115. The minimum absolute atomic E-state index is 0.0772. The Balaban J connectivity index is 2.23. The number of epoxide rings is 1. The molecule has 0 bridgehead atoms. The van der Waals surface area contributed by atoms with E-state index in [0.29, 0.717) is 6.42 Å². The Morgan fingerprint density at radius 3 is 2.55 bits per heavy atom. The number of allylic oxidation sites excluding steroid dienone is 5. The fourth-order valence-corrected chi connectivity index (χ4v) is 3.12. The van der Waals surface area contributed by atoms with Gasteiger partial charge >= 0.3 is 0 Å². The highest BCUT2D eigenvalue weighted by Crippen LogP contribution is 2.42. The van der Waals surface area contributed by atoms with Crippen LogP contribution in [0.4, 0.5) is 0 Å². The van der Waals surface area contributed by atoms with Crippen molar-refractivity contribution >= 4 is 5.78 Å². The molecule has 0 unspecified atom stereocenters. The van der Waals surface area contributed by atoms with Crippen molar-refractivity contribution in [3.8, 4) is 0 Å². The van der Waals surface area contributed by atoms with Crippen LogP contribution in [0.2, 0.25) is 0 Å². The highest BCUT2D eigenvalue weighted by atomic mass is 16.6. The number of Topliss-reactive ketones (excluding diaryl/α,β-unsaturated/α-hetero) is 1. The Labute approximate surface area is 135 Å². The number of rotatable bonds is 1. The van der Waals surface area contributed by atoms with E-state index in [9.17, 15) is 4.79 Å². The van der Waals surface area contributed by atoms with E-state index in [2.05, 4.69) is 52.8 Å². The lowest BCUT2D eigenvalue weighted by atomic mass is 9.90. The molecule has 1 aliphatic carbocycles. The average molecular weight is 302 g/mol. The van der Waals surface area contributed by atoms with Crippen molar-refractivity contribution in [1.82, 2.24) is 0 Å². The van der Waals surface area contributed by atoms with Gasteiger partial charge in [-0.25, -0.2) is 0 Å². The summed E-state index contributed by atoms with van der Waals surface area (Å²) in [6, 6.07) is 0. The fourth-order valence-electron chi connectivity index (χ4n) is 3.12. The van der Waals surface area contributed by atoms with Crippen molar-refractivity contribution in [2.75, 3.05) is 0 Å². The SMILES string of the molecule is C/C1=C/CC/C(C)=C/CC[C@]2(C)O[C@H]2/C=C(/C(C)C)C(=O)C1. The van der Waals surface area contributed by atoms with E-state index in [0.717, 1.165) is 31.3 Å². The summed E-state index contributed by atoms with van der Waals surface area (Å²) in [6.07, 6.45) is 11.5. The van der Waals surface area contributed by atoms with Gasteiger partial charge in [-0.2, -0.15) is 0 Å². The molecule has 0 aromatic carbocycles. The topological polar surface area (TPSA) is 29.6 Å². The molecule has 0 radical (unpaired) electrons. The molecule has 0 aromatic rings. The van der Waals surface area contributed by atoms with Gasteiger partial charge in [0.25, 0.3) is 0 Å². The lowest BCUT2D eigenvalue weighted by Crippen LogP contribution is -2.13. The van der Waals surface area contributed by atoms with Gasteiger partial charge in [0.2, 0.25) is 0 Å². The number of ether oxygens (including phenoxy) is 1. The summed E-state index contributed by atoms with van der Waals surface area (Å²) < 4.78 is 5.90. The van der Waals surface area contributed by atoms with E-state index in [1.807, 2.05) is 0 Å². The first-order chi connectivity index (χ1) is 10.3. The van der Waals surface area contributed by atoms with Crippen LogP contribution in [0.15, 0.2) is 34.9 Å². The predicted octanol–water partition coefficient (Wildman–Crippen LogP) is 5.15. The molecule has 0 amide bonds. The van der Waals surface area contributed by atoms with Crippen molar-refractivity contribution in [2.24, 2.45) is 5.92 Å². The second-order valence-corrected chi connectivity index (χ2v) is 7.41. The first-order valence-corrected chi connectivity index (χ1v) is 8.56. The van der Waals surface area contributed by atoms with Gasteiger partial charge in [-0.1, -0.05) is 37.1 Å². The Bertz CT molecular complexity index is 522. The molecule has 0 aromatic heterocycles. The van der Waals surface area contributed by atoms with Crippen LogP contribution in [0, 0.1) is 5.92 Å². The molecule has 2 aliphatic rings. The van der Waals surface area contributed by atoms with E-state index in [-0.39, 0.29) is 23.4 Å². The molecule has 1 fully saturated rings. The van der Waals surface area contributed by atoms with Gasteiger partial charge in [0.15, 0.2) is 5.78 Å². The van der Waals surface area contributed by atoms with Crippen molar-refractivity contribution in [2.45, 2.75) is 78.4 Å². The predicted molar refractivity (Wildman–Crippen MR) is 91.8 cm³/mol. The first kappa shape index (κ1) is 17.2. The molecule has 0 spiro atoms. The van der Waals surface area contributed by atoms with E-state index in [1.54, 1.807) is 0 Å². The van der Waals surface area contributed by atoms with Gasteiger partial charge < -0.3 is 4.74 Å². The smallest absolute Gasteiger partial charge is 0.162 e. The molecule has 1 heterocycles. The van der Waals surface area contributed by atoms with E-state index >= 15 is 0 Å². The summed E-state index contributed by atoms with van der Waals surface area (Å²) in [5, 5.41) is 0. The summed E-state index contributed by atoms with van der Waals surface area (Å²) in [6.45, 7) is 10.6. The maximum Gasteiger partial charge on any atom is 0.162 e. The standard InChI is InChI=1S/C20H30O2/c1-14(2)17-13-19-20(5,22-19)11-7-10-15(3)8-6-9-16(4)12-18(17)21/h9-10,13-14,19H,6-8,11-12H2,1-5H3/b15-10+,16-9-,17-13-/t19-,20-/m0/s1. The quantitative estimate of drug-likeness (QED) is 0.495. The number of hydrogen-bond acceptors (Lipinski definition) is 2. The van der Waals surface area contributed by atoms with Crippen molar-refractivity contribution in [1.29, 1.82) is 0 Å². The zero-order chi connectivity index (χ0) is 16.3. The highest BCUT2D eigenvalue weighted by molar-refractivity contribution is 5.97. The zero-order valence-corrected chi connectivity index (χ0v) is 14.7. The summed E-state index contributed by atoms with van der Waals surface area (Å²) in [7, 11) is 0. The molecule has 0 N–H and O–H groups in total. The lowest BCUT2D eigenvalue weighted by Gasteiger charge is -2.12. The minimum atomic E-state index is -0.0772. The number of fused-ring (bicyclic) bond motifs is 1. The van der Waals surface area contributed by atoms with Crippen molar-refractivity contribution < 1.29 is 9.53 Å². The van der Waals surface area contributed by atoms with Crippen LogP contribution in [-0.4, -0.2) is 17.5 Å². The molecule has 2 nitrogen and oxygen atoms in total. The molecule has 22 heavy (non-hydrogen) atoms. The second-order valence-electron chi connectivity index (χ2n) is 7.41. The summed E-state index contributed by atoms with van der Waals surface area (Å²) in [5.74, 6) is 0.509. The van der Waals surface area contributed by atoms with Gasteiger partial charge in [0.1, 0.15) is 6.10 Å². The Morgan fingerprint density at radius 1 is 1.18 bits per heavy atom. The number of carbonyl (C=O) groups is 1. The largest absolute Gasteiger partial charge is 0.362 e. The zero-order valence-electron chi connectivity index (χ0n) is 14.7. The number of hydrogen-bond donors (Lipinski definition) is 0. The average Bonchev–Trinajstić information content (AvgIpc) is 3.05. The molecule has 0 saturated carbocycles. The molecule has 122 valence electrons. The van der Waals surface area contributed by atoms with Crippen LogP contribution in [0.5, 0.6) is 0 Å². The van der Waals surface area contributed by atoms with Gasteiger partial charge in [-0.05, 0) is 64.0 Å². The molecular formula is C20H30O2. The molecule has 2 rings (SSSR count). The van der Waals surface area contributed by atoms with Crippen LogP contribution < -0.4 is 0 Å². The van der Waals surface area contributed by atoms with Crippen molar-refractivity contribution in [3.63, 3.8) is 0 Å². The summed E-state index contributed by atoms with van der Waals surface area (Å²) in [5.41, 5.74) is 3.48. The maximum absolute atomic E-state index is 12.6. The second kappa shape index (κ2) is 6.95. The van der Waals surface area contributed by atoms with Crippen LogP contribution in [0.3, 0.4) is 0 Å². The monoisotopic (exact) mass is 302 g/mol. The van der Waals surface area contributed by atoms with Gasteiger partial charge in [-0.3, -0.25) is 4.79 Å². The third kappa shape index (κ3) is 4.42. The normalized spacial score (nSPS) is 38.0. The van der Waals surface area contributed by atoms with Crippen LogP contribution in [0.1, 0.15) is 66.7 Å². The van der Waals surface area contributed by atoms with Gasteiger partial charge in [-0.15, -0.1) is 0 Å². The summed E-state index contributed by atoms with van der Waals surface area (Å²) in [4.78, 5) is 12.6. The number of ketones is 1. The summed E-state index contributed by atoms with van der Waals surface area (Å²) >= 11 is 0. The molecule has 2 heteroatoms. The molecular weight excluding hydrogens is 272 g/mol. The van der Waals surface area contributed by atoms with E-state index in [1.165, 1.54) is 11.1 Å². The molecule has 1 aliphatic heterocycles. The molecule has 1 saturated heterocycles. The van der Waals surface area contributed by atoms with Gasteiger partial charge in [0.05, 0.1) is 5.60 Å². The Morgan fingerprint density at radius 2 is 1.86 bits per heavy atom. The third-order valence-electron chi connectivity index (χ3n) is 4.82. The van der Waals surface area contributed by atoms with Crippen molar-refractivity contribution in [3.05, 3.63) is 34.9 Å². The van der Waals surface area contributed by atoms with E-state index < -0.39 is 0 Å². The van der Waals surface area contributed by atoms with Gasteiger partial charge in [0, 0.05) is 6.42 Å². The van der Waals surface area contributed by atoms with Crippen LogP contribution >= 0.6 is 0 Å². The first-order valence-electron chi connectivity index (χ1n) is 8.56. The van der Waals surface area contributed by atoms with Crippen LogP contribution in [-0.2, 0) is 9.53 Å². The Hall–Kier alpha value is -1.15.